The van der Waals surface area contributed by atoms with E-state index < -0.39 is 0 Å². The van der Waals surface area contributed by atoms with Gasteiger partial charge in [-0.1, -0.05) is 6.07 Å². The lowest BCUT2D eigenvalue weighted by molar-refractivity contribution is 0.0955. The summed E-state index contributed by atoms with van der Waals surface area (Å²) in [7, 11) is 0. The maximum absolute atomic E-state index is 13.2. The van der Waals surface area contributed by atoms with Crippen LogP contribution in [0.25, 0.3) is 11.0 Å². The van der Waals surface area contributed by atoms with Crippen LogP contribution in [0.4, 0.5) is 4.39 Å². The fourth-order valence-electron chi connectivity index (χ4n) is 2.61. The summed E-state index contributed by atoms with van der Waals surface area (Å²) in [6.45, 7) is 4.82. The number of hydrogen-bond donors (Lipinski definition) is 1. The second-order valence-corrected chi connectivity index (χ2v) is 6.33. The lowest BCUT2D eigenvalue weighted by atomic mass is 10.2. The van der Waals surface area contributed by atoms with Crippen LogP contribution in [0.15, 0.2) is 46.0 Å². The van der Waals surface area contributed by atoms with Crippen molar-refractivity contribution in [3.63, 3.8) is 0 Å². The van der Waals surface area contributed by atoms with Gasteiger partial charge in [-0.05, 0) is 65.7 Å². The highest BCUT2D eigenvalue weighted by Crippen LogP contribution is 2.18. The Morgan fingerprint density at radius 1 is 1.36 bits per heavy atom. The highest BCUT2D eigenvalue weighted by atomic mass is 79.9. The molecule has 0 spiro atoms. The molecular formula is C18H16BrFN4O. The van der Waals surface area contributed by atoms with Crippen molar-refractivity contribution in [3.8, 4) is 0 Å². The third-order valence-electron chi connectivity index (χ3n) is 3.84. The molecule has 3 rings (SSSR count). The van der Waals surface area contributed by atoms with Gasteiger partial charge in [0.25, 0.3) is 5.91 Å². The number of carbonyl (C=O) groups excluding carboxylic acids is 1. The van der Waals surface area contributed by atoms with Gasteiger partial charge < -0.3 is 4.57 Å². The molecule has 0 atom stereocenters. The second kappa shape index (κ2) is 7.14. The molecule has 0 radical (unpaired) electrons. The summed E-state index contributed by atoms with van der Waals surface area (Å²) in [5, 5.41) is 3.91. The molecule has 0 fully saturated rings. The van der Waals surface area contributed by atoms with E-state index >= 15 is 0 Å². The first kappa shape index (κ1) is 17.3. The van der Waals surface area contributed by atoms with E-state index in [-0.39, 0.29) is 11.7 Å². The Morgan fingerprint density at radius 2 is 2.16 bits per heavy atom. The van der Waals surface area contributed by atoms with E-state index in [1.165, 1.54) is 12.3 Å². The Morgan fingerprint density at radius 3 is 2.88 bits per heavy atom. The zero-order valence-electron chi connectivity index (χ0n) is 13.8. The summed E-state index contributed by atoms with van der Waals surface area (Å²) < 4.78 is 15.6. The molecule has 25 heavy (non-hydrogen) atoms. The molecule has 0 unspecified atom stereocenters. The van der Waals surface area contributed by atoms with Gasteiger partial charge in [0.1, 0.15) is 11.6 Å². The molecule has 0 saturated heterocycles. The number of amides is 1. The zero-order valence-corrected chi connectivity index (χ0v) is 15.3. The molecule has 2 aromatic carbocycles. The molecule has 0 aliphatic heterocycles. The van der Waals surface area contributed by atoms with E-state index in [0.717, 1.165) is 23.4 Å². The molecule has 1 heterocycles. The normalized spacial score (nSPS) is 11.4. The average molecular weight is 403 g/mol. The van der Waals surface area contributed by atoms with Gasteiger partial charge in [0, 0.05) is 12.1 Å². The molecule has 0 aliphatic rings. The topological polar surface area (TPSA) is 59.3 Å². The van der Waals surface area contributed by atoms with Gasteiger partial charge in [-0.2, -0.15) is 5.10 Å². The minimum atomic E-state index is -0.351. The van der Waals surface area contributed by atoms with Crippen molar-refractivity contribution in [2.45, 2.75) is 20.4 Å². The number of hydrazone groups is 1. The predicted molar refractivity (Wildman–Crippen MR) is 99.3 cm³/mol. The van der Waals surface area contributed by atoms with Crippen molar-refractivity contribution in [1.29, 1.82) is 0 Å². The van der Waals surface area contributed by atoms with E-state index in [4.69, 9.17) is 0 Å². The van der Waals surface area contributed by atoms with Crippen LogP contribution in [0.2, 0.25) is 0 Å². The van der Waals surface area contributed by atoms with E-state index in [1.54, 1.807) is 24.3 Å². The van der Waals surface area contributed by atoms with E-state index in [0.29, 0.717) is 15.6 Å². The van der Waals surface area contributed by atoms with Crippen LogP contribution in [-0.4, -0.2) is 21.7 Å². The number of aromatic nitrogens is 2. The molecule has 0 bridgehead atoms. The Hall–Kier alpha value is -2.54. The number of nitrogens with zero attached hydrogens (tertiary/aromatic N) is 3. The van der Waals surface area contributed by atoms with Gasteiger partial charge in [-0.15, -0.1) is 0 Å². The zero-order chi connectivity index (χ0) is 18.0. The summed E-state index contributed by atoms with van der Waals surface area (Å²) >= 11 is 3.11. The molecule has 3 aromatic rings. The van der Waals surface area contributed by atoms with E-state index in [2.05, 4.69) is 42.9 Å². The van der Waals surface area contributed by atoms with Crippen LogP contribution in [0.1, 0.15) is 28.7 Å². The van der Waals surface area contributed by atoms with Crippen LogP contribution in [0.5, 0.6) is 0 Å². The molecule has 5 nitrogen and oxygen atoms in total. The van der Waals surface area contributed by atoms with Crippen molar-refractivity contribution >= 4 is 39.1 Å². The Bertz CT molecular complexity index is 981. The molecule has 7 heteroatoms. The molecule has 1 amide bonds. The van der Waals surface area contributed by atoms with Gasteiger partial charge in [0.2, 0.25) is 0 Å². The summed E-state index contributed by atoms with van der Waals surface area (Å²) in [6.07, 6.45) is 1.45. The Balaban J connectivity index is 1.75. The number of rotatable bonds is 4. The molecule has 128 valence electrons. The lowest BCUT2D eigenvalue weighted by Crippen LogP contribution is -2.17. The highest BCUT2D eigenvalue weighted by molar-refractivity contribution is 9.10. The fraction of sp³-hybridized carbons (Fsp3) is 0.167. The molecule has 1 N–H and O–H groups in total. The van der Waals surface area contributed by atoms with Crippen molar-refractivity contribution < 1.29 is 9.18 Å². The number of nitrogens with one attached hydrogen (secondary N) is 1. The van der Waals surface area contributed by atoms with Crippen LogP contribution in [0, 0.1) is 12.7 Å². The van der Waals surface area contributed by atoms with Crippen LogP contribution in [-0.2, 0) is 6.54 Å². The van der Waals surface area contributed by atoms with E-state index in [9.17, 15) is 9.18 Å². The SMILES string of the molecule is CCn1c(C)nc2cc(C(=O)N/N=C\c3ccc(F)c(Br)c3)ccc21. The van der Waals surface area contributed by atoms with Gasteiger partial charge in [0.05, 0.1) is 21.7 Å². The molecule has 0 aliphatic carbocycles. The standard InChI is InChI=1S/C18H16BrFN4O/c1-3-24-11(2)22-16-9-13(5-7-17(16)24)18(25)23-21-10-12-4-6-15(20)14(19)8-12/h4-10H,3H2,1-2H3,(H,23,25)/b21-10-. The number of imidazole rings is 1. The smallest absolute Gasteiger partial charge is 0.271 e. The minimum Gasteiger partial charge on any atom is -0.329 e. The number of hydrogen-bond acceptors (Lipinski definition) is 3. The van der Waals surface area contributed by atoms with Crippen molar-refractivity contribution in [3.05, 3.63) is 63.6 Å². The first-order valence-corrected chi connectivity index (χ1v) is 8.54. The third kappa shape index (κ3) is 3.61. The molecule has 1 aromatic heterocycles. The summed E-state index contributed by atoms with van der Waals surface area (Å²) in [6, 6.07) is 9.85. The number of halogens is 2. The maximum atomic E-state index is 13.2. The van der Waals surface area contributed by atoms with Gasteiger partial charge >= 0.3 is 0 Å². The van der Waals surface area contributed by atoms with Crippen molar-refractivity contribution in [2.75, 3.05) is 0 Å². The number of aryl methyl sites for hydroxylation is 2. The van der Waals surface area contributed by atoms with Crippen LogP contribution in [0.3, 0.4) is 0 Å². The highest BCUT2D eigenvalue weighted by Gasteiger charge is 2.10. The fourth-order valence-corrected chi connectivity index (χ4v) is 3.01. The first-order chi connectivity index (χ1) is 12.0. The number of carbonyl (C=O) groups is 1. The van der Waals surface area contributed by atoms with E-state index in [1.807, 2.05) is 13.0 Å². The molecule has 0 saturated carbocycles. The average Bonchev–Trinajstić information content (AvgIpc) is 2.92. The van der Waals surface area contributed by atoms with Crippen LogP contribution < -0.4 is 5.43 Å². The van der Waals surface area contributed by atoms with Crippen molar-refractivity contribution in [2.24, 2.45) is 5.10 Å². The Labute approximate surface area is 152 Å². The number of fused-ring (bicyclic) bond motifs is 1. The predicted octanol–water partition coefficient (Wildman–Crippen LogP) is 4.03. The van der Waals surface area contributed by atoms with Crippen molar-refractivity contribution in [1.82, 2.24) is 15.0 Å². The summed E-state index contributed by atoms with van der Waals surface area (Å²) in [5.74, 6) is 0.231. The molecular weight excluding hydrogens is 387 g/mol. The third-order valence-corrected chi connectivity index (χ3v) is 4.45. The van der Waals surface area contributed by atoms with Gasteiger partial charge in [0.15, 0.2) is 0 Å². The Kier molecular flexibility index (Phi) is 4.94. The van der Waals surface area contributed by atoms with Gasteiger partial charge in [-0.3, -0.25) is 4.79 Å². The summed E-state index contributed by atoms with van der Waals surface area (Å²) in [4.78, 5) is 16.7. The quantitative estimate of drug-likeness (QED) is 0.528. The number of benzene rings is 2. The van der Waals surface area contributed by atoms with Gasteiger partial charge in [-0.25, -0.2) is 14.8 Å². The minimum absolute atomic E-state index is 0.331. The maximum Gasteiger partial charge on any atom is 0.271 e. The first-order valence-electron chi connectivity index (χ1n) is 7.75. The lowest BCUT2D eigenvalue weighted by Gasteiger charge is -2.03. The largest absolute Gasteiger partial charge is 0.329 e. The van der Waals surface area contributed by atoms with Crippen LogP contribution >= 0.6 is 15.9 Å². The second-order valence-electron chi connectivity index (χ2n) is 5.48. The summed E-state index contributed by atoms with van der Waals surface area (Å²) in [5.41, 5.74) is 5.39. The monoisotopic (exact) mass is 402 g/mol.